The van der Waals surface area contributed by atoms with E-state index in [9.17, 15) is 4.79 Å². The molecule has 1 atom stereocenters. The highest BCUT2D eigenvalue weighted by atomic mass is 16.5. The Labute approximate surface area is 122 Å². The van der Waals surface area contributed by atoms with Crippen molar-refractivity contribution in [3.05, 3.63) is 29.8 Å². The molecule has 4 nitrogen and oxygen atoms in total. The van der Waals surface area contributed by atoms with Crippen molar-refractivity contribution in [3.63, 3.8) is 0 Å². The smallest absolute Gasteiger partial charge is 0.223 e. The number of amides is 1. The van der Waals surface area contributed by atoms with Crippen molar-refractivity contribution in [2.45, 2.75) is 32.2 Å². The van der Waals surface area contributed by atoms with Gasteiger partial charge in [-0.2, -0.15) is 0 Å². The first kappa shape index (κ1) is 16.5. The van der Waals surface area contributed by atoms with E-state index in [-0.39, 0.29) is 5.91 Å². The summed E-state index contributed by atoms with van der Waals surface area (Å²) < 4.78 is 5.14. The van der Waals surface area contributed by atoms with Gasteiger partial charge in [-0.25, -0.2) is 0 Å². The van der Waals surface area contributed by atoms with Crippen LogP contribution in [0.2, 0.25) is 0 Å². The molecule has 4 heteroatoms. The molecule has 0 spiro atoms. The molecule has 0 aliphatic rings. The minimum absolute atomic E-state index is 0.167. The molecule has 112 valence electrons. The molecule has 1 unspecified atom stereocenters. The predicted molar refractivity (Wildman–Crippen MR) is 82.1 cm³/mol. The number of rotatable bonds is 8. The zero-order chi connectivity index (χ0) is 15.0. The number of methoxy groups -OCH3 is 1. The van der Waals surface area contributed by atoms with Gasteiger partial charge in [0.2, 0.25) is 5.91 Å². The molecule has 0 saturated heterocycles. The largest absolute Gasteiger partial charge is 0.497 e. The van der Waals surface area contributed by atoms with E-state index in [1.807, 2.05) is 12.1 Å². The molecule has 1 N–H and O–H groups in total. The zero-order valence-electron chi connectivity index (χ0n) is 13.0. The van der Waals surface area contributed by atoms with Crippen LogP contribution in [0.4, 0.5) is 0 Å². The Morgan fingerprint density at radius 2 is 1.95 bits per heavy atom. The minimum Gasteiger partial charge on any atom is -0.497 e. The van der Waals surface area contributed by atoms with E-state index in [0.717, 1.165) is 25.1 Å². The second-order valence-corrected chi connectivity index (χ2v) is 5.28. The monoisotopic (exact) mass is 278 g/mol. The summed E-state index contributed by atoms with van der Waals surface area (Å²) in [5.41, 5.74) is 1.31. The number of carbonyl (C=O) groups excluding carboxylic acids is 1. The van der Waals surface area contributed by atoms with Gasteiger partial charge in [0.1, 0.15) is 5.75 Å². The van der Waals surface area contributed by atoms with Crippen LogP contribution < -0.4 is 10.1 Å². The summed E-state index contributed by atoms with van der Waals surface area (Å²) in [7, 11) is 5.25. The predicted octanol–water partition coefficient (Wildman–Crippen LogP) is 2.08. The van der Waals surface area contributed by atoms with E-state index in [4.69, 9.17) is 4.74 Å². The van der Waals surface area contributed by atoms with Gasteiger partial charge >= 0.3 is 0 Å². The molecular formula is C16H26N2O2. The highest BCUT2D eigenvalue weighted by molar-refractivity contribution is 5.75. The van der Waals surface area contributed by atoms with E-state index in [1.165, 1.54) is 5.56 Å². The maximum Gasteiger partial charge on any atom is 0.223 e. The SMILES string of the molecule is COc1ccc(CCC(C)NCCC(=O)N(C)C)cc1. The molecular weight excluding hydrogens is 252 g/mol. The van der Waals surface area contributed by atoms with Crippen LogP contribution in [0.1, 0.15) is 25.3 Å². The topological polar surface area (TPSA) is 41.6 Å². The van der Waals surface area contributed by atoms with Gasteiger partial charge in [0.05, 0.1) is 7.11 Å². The van der Waals surface area contributed by atoms with Gasteiger partial charge in [-0.15, -0.1) is 0 Å². The van der Waals surface area contributed by atoms with Gasteiger partial charge in [-0.05, 0) is 37.5 Å². The molecule has 1 aromatic rings. The summed E-state index contributed by atoms with van der Waals surface area (Å²) in [6.45, 7) is 2.89. The maximum absolute atomic E-state index is 11.4. The summed E-state index contributed by atoms with van der Waals surface area (Å²) in [6, 6.07) is 8.58. The van der Waals surface area contributed by atoms with Crippen molar-refractivity contribution < 1.29 is 9.53 Å². The fraction of sp³-hybridized carbons (Fsp3) is 0.562. The maximum atomic E-state index is 11.4. The van der Waals surface area contributed by atoms with E-state index >= 15 is 0 Å². The summed E-state index contributed by atoms with van der Waals surface area (Å²) >= 11 is 0. The lowest BCUT2D eigenvalue weighted by Crippen LogP contribution is -2.31. The van der Waals surface area contributed by atoms with Crippen LogP contribution in [0, 0.1) is 0 Å². The Morgan fingerprint density at radius 3 is 2.50 bits per heavy atom. The number of aryl methyl sites for hydroxylation is 1. The lowest BCUT2D eigenvalue weighted by Gasteiger charge is -2.15. The van der Waals surface area contributed by atoms with Crippen LogP contribution in [-0.4, -0.2) is 44.6 Å². The standard InChI is InChI=1S/C16H26N2O2/c1-13(17-12-11-16(19)18(2)3)5-6-14-7-9-15(20-4)10-8-14/h7-10,13,17H,5-6,11-12H2,1-4H3. The van der Waals surface area contributed by atoms with Gasteiger partial charge in [-0.3, -0.25) is 4.79 Å². The Hall–Kier alpha value is -1.55. The molecule has 1 amide bonds. The first-order valence-corrected chi connectivity index (χ1v) is 7.09. The Morgan fingerprint density at radius 1 is 1.30 bits per heavy atom. The van der Waals surface area contributed by atoms with Crippen molar-refractivity contribution in [3.8, 4) is 5.75 Å². The van der Waals surface area contributed by atoms with Crippen molar-refractivity contribution in [2.24, 2.45) is 0 Å². The van der Waals surface area contributed by atoms with Crippen LogP contribution >= 0.6 is 0 Å². The van der Waals surface area contributed by atoms with Gasteiger partial charge in [0.25, 0.3) is 0 Å². The number of hydrogen-bond donors (Lipinski definition) is 1. The van der Waals surface area contributed by atoms with Crippen LogP contribution in [0.15, 0.2) is 24.3 Å². The molecule has 0 heterocycles. The molecule has 0 fully saturated rings. The third-order valence-electron chi connectivity index (χ3n) is 3.36. The van der Waals surface area contributed by atoms with E-state index < -0.39 is 0 Å². The minimum atomic E-state index is 0.167. The van der Waals surface area contributed by atoms with Gasteiger partial charge in [0.15, 0.2) is 0 Å². The number of hydrogen-bond acceptors (Lipinski definition) is 3. The molecule has 0 radical (unpaired) electrons. The molecule has 0 saturated carbocycles. The first-order chi connectivity index (χ1) is 9.52. The van der Waals surface area contributed by atoms with Gasteiger partial charge in [0, 0.05) is 33.1 Å². The summed E-state index contributed by atoms with van der Waals surface area (Å²) in [5.74, 6) is 1.06. The van der Waals surface area contributed by atoms with Crippen molar-refractivity contribution in [1.82, 2.24) is 10.2 Å². The van der Waals surface area contributed by atoms with Gasteiger partial charge in [-0.1, -0.05) is 12.1 Å². The molecule has 1 aromatic carbocycles. The van der Waals surface area contributed by atoms with Crippen LogP contribution in [0.3, 0.4) is 0 Å². The second-order valence-electron chi connectivity index (χ2n) is 5.28. The lowest BCUT2D eigenvalue weighted by molar-refractivity contribution is -0.128. The quantitative estimate of drug-likeness (QED) is 0.791. The fourth-order valence-corrected chi connectivity index (χ4v) is 1.93. The van der Waals surface area contributed by atoms with Gasteiger partial charge < -0.3 is 15.0 Å². The molecule has 20 heavy (non-hydrogen) atoms. The van der Waals surface area contributed by atoms with Crippen molar-refractivity contribution in [1.29, 1.82) is 0 Å². The van der Waals surface area contributed by atoms with Crippen LogP contribution in [0.5, 0.6) is 5.75 Å². The summed E-state index contributed by atoms with van der Waals surface area (Å²) in [4.78, 5) is 13.1. The van der Waals surface area contributed by atoms with Crippen molar-refractivity contribution >= 4 is 5.91 Å². The number of nitrogens with zero attached hydrogens (tertiary/aromatic N) is 1. The first-order valence-electron chi connectivity index (χ1n) is 7.09. The average Bonchev–Trinajstić information content (AvgIpc) is 2.45. The van der Waals surface area contributed by atoms with Crippen molar-refractivity contribution in [2.75, 3.05) is 27.7 Å². The van der Waals surface area contributed by atoms with Crippen LogP contribution in [0.25, 0.3) is 0 Å². The Balaban J connectivity index is 2.22. The van der Waals surface area contributed by atoms with E-state index in [1.54, 1.807) is 26.1 Å². The molecule has 1 rings (SSSR count). The van der Waals surface area contributed by atoms with E-state index in [2.05, 4.69) is 24.4 Å². The lowest BCUT2D eigenvalue weighted by atomic mass is 10.1. The average molecular weight is 278 g/mol. The number of ether oxygens (including phenoxy) is 1. The number of carbonyl (C=O) groups is 1. The highest BCUT2D eigenvalue weighted by Crippen LogP contribution is 2.13. The second kappa shape index (κ2) is 8.59. The summed E-state index contributed by atoms with van der Waals surface area (Å²) in [6.07, 6.45) is 2.64. The van der Waals surface area contributed by atoms with E-state index in [0.29, 0.717) is 12.5 Å². The molecule has 0 aliphatic heterocycles. The Bertz CT molecular complexity index is 401. The van der Waals surface area contributed by atoms with Crippen LogP contribution in [-0.2, 0) is 11.2 Å². The molecule has 0 aliphatic carbocycles. The number of benzene rings is 1. The third-order valence-corrected chi connectivity index (χ3v) is 3.36. The highest BCUT2D eigenvalue weighted by Gasteiger charge is 2.06. The zero-order valence-corrected chi connectivity index (χ0v) is 13.0. The number of nitrogens with one attached hydrogen (secondary N) is 1. The molecule has 0 aromatic heterocycles. The fourth-order valence-electron chi connectivity index (χ4n) is 1.93. The summed E-state index contributed by atoms with van der Waals surface area (Å²) in [5, 5.41) is 3.39. The third kappa shape index (κ3) is 6.06. The Kier molecular flexibility index (Phi) is 7.09. The molecule has 0 bridgehead atoms. The normalized spacial score (nSPS) is 12.0.